The van der Waals surface area contributed by atoms with E-state index in [2.05, 4.69) is 4.18 Å². The maximum Gasteiger partial charge on any atom is 0.275 e. The molecule has 0 radical (unpaired) electrons. The highest BCUT2D eigenvalue weighted by Gasteiger charge is 2.31. The van der Waals surface area contributed by atoms with Gasteiger partial charge in [-0.3, -0.25) is 4.18 Å². The van der Waals surface area contributed by atoms with Crippen molar-refractivity contribution in [3.63, 3.8) is 0 Å². The van der Waals surface area contributed by atoms with Gasteiger partial charge in [0.1, 0.15) is 4.75 Å². The quantitative estimate of drug-likeness (QED) is 0.505. The van der Waals surface area contributed by atoms with E-state index in [0.717, 1.165) is 5.57 Å². The maximum absolute atomic E-state index is 11.3. The van der Waals surface area contributed by atoms with Gasteiger partial charge in [-0.15, -0.1) is 0 Å². The van der Waals surface area contributed by atoms with Crippen molar-refractivity contribution in [2.45, 2.75) is 32.4 Å². The van der Waals surface area contributed by atoms with Crippen LogP contribution in [0, 0.1) is 0 Å². The predicted octanol–water partition coefficient (Wildman–Crippen LogP) is 1.71. The van der Waals surface area contributed by atoms with E-state index in [1.54, 1.807) is 19.9 Å². The monoisotopic (exact) mass is 192 g/mol. The zero-order valence-electron chi connectivity index (χ0n) is 8.21. The van der Waals surface area contributed by atoms with Crippen molar-refractivity contribution < 1.29 is 12.6 Å². The molecule has 0 aromatic carbocycles. The zero-order chi connectivity index (χ0) is 9.99. The van der Waals surface area contributed by atoms with Crippen LogP contribution in [0.25, 0.3) is 0 Å². The van der Waals surface area contributed by atoms with E-state index in [0.29, 0.717) is 0 Å². The van der Waals surface area contributed by atoms with Gasteiger partial charge in [0.15, 0.2) is 0 Å². The largest absolute Gasteiger partial charge is 0.275 e. The highest BCUT2D eigenvalue weighted by molar-refractivity contribution is 7.88. The second kappa shape index (κ2) is 3.58. The Hall–Kier alpha value is -0.350. The molecule has 0 saturated carbocycles. The molecule has 0 aliphatic carbocycles. The summed E-state index contributed by atoms with van der Waals surface area (Å²) in [6, 6.07) is 0. The van der Waals surface area contributed by atoms with E-state index >= 15 is 0 Å². The van der Waals surface area contributed by atoms with Gasteiger partial charge in [0.2, 0.25) is 0 Å². The van der Waals surface area contributed by atoms with Crippen molar-refractivity contribution >= 4 is 10.1 Å². The molecule has 0 unspecified atom stereocenters. The fourth-order valence-electron chi connectivity index (χ4n) is 0.982. The van der Waals surface area contributed by atoms with Crippen LogP contribution in [0.15, 0.2) is 11.6 Å². The zero-order valence-corrected chi connectivity index (χ0v) is 9.03. The fraction of sp³-hybridized carbons (Fsp3) is 0.750. The van der Waals surface area contributed by atoms with E-state index in [9.17, 15) is 8.42 Å². The van der Waals surface area contributed by atoms with Gasteiger partial charge < -0.3 is 0 Å². The highest BCUT2D eigenvalue weighted by Crippen LogP contribution is 2.20. The van der Waals surface area contributed by atoms with Crippen molar-refractivity contribution in [2.75, 3.05) is 7.11 Å². The second-order valence-corrected chi connectivity index (χ2v) is 5.74. The van der Waals surface area contributed by atoms with E-state index < -0.39 is 14.9 Å². The van der Waals surface area contributed by atoms with Crippen molar-refractivity contribution in [3.8, 4) is 0 Å². The normalized spacial score (nSPS) is 12.8. The lowest BCUT2D eigenvalue weighted by Gasteiger charge is -2.19. The van der Waals surface area contributed by atoms with Gasteiger partial charge in [0.05, 0.1) is 7.11 Å². The molecule has 0 rings (SSSR count). The third-order valence-corrected chi connectivity index (χ3v) is 3.35. The summed E-state index contributed by atoms with van der Waals surface area (Å²) in [5.74, 6) is 0. The van der Waals surface area contributed by atoms with Crippen LogP contribution in [0.1, 0.15) is 27.7 Å². The van der Waals surface area contributed by atoms with E-state index in [4.69, 9.17) is 0 Å². The first-order chi connectivity index (χ1) is 5.23. The van der Waals surface area contributed by atoms with Crippen LogP contribution in [-0.4, -0.2) is 20.3 Å². The molecule has 72 valence electrons. The van der Waals surface area contributed by atoms with E-state index in [-0.39, 0.29) is 0 Å². The van der Waals surface area contributed by atoms with Crippen LogP contribution in [-0.2, 0) is 14.3 Å². The molecule has 0 bridgehead atoms. The van der Waals surface area contributed by atoms with Crippen molar-refractivity contribution in [3.05, 3.63) is 11.6 Å². The molecule has 0 fully saturated rings. The molecule has 0 aromatic rings. The summed E-state index contributed by atoms with van der Waals surface area (Å²) in [7, 11) is -2.29. The molecule has 0 amide bonds. The van der Waals surface area contributed by atoms with Crippen molar-refractivity contribution in [1.29, 1.82) is 0 Å². The third kappa shape index (κ3) is 2.60. The fourth-order valence-corrected chi connectivity index (χ4v) is 1.79. The molecule has 0 aliphatic heterocycles. The minimum absolute atomic E-state index is 0.944. The molecule has 0 aliphatic rings. The first kappa shape index (κ1) is 11.6. The second-order valence-electron chi connectivity index (χ2n) is 3.45. The van der Waals surface area contributed by atoms with Crippen molar-refractivity contribution in [2.24, 2.45) is 0 Å². The Morgan fingerprint density at radius 1 is 1.33 bits per heavy atom. The molecule has 4 heteroatoms. The van der Waals surface area contributed by atoms with Crippen LogP contribution >= 0.6 is 0 Å². The van der Waals surface area contributed by atoms with Crippen LogP contribution < -0.4 is 0 Å². The number of allylic oxidation sites excluding steroid dienone is 1. The van der Waals surface area contributed by atoms with Gasteiger partial charge in [0, 0.05) is 0 Å². The molecule has 0 spiro atoms. The van der Waals surface area contributed by atoms with Crippen molar-refractivity contribution in [1.82, 2.24) is 0 Å². The highest BCUT2D eigenvalue weighted by atomic mass is 32.2. The summed E-state index contributed by atoms with van der Waals surface area (Å²) in [6.45, 7) is 6.93. The minimum atomic E-state index is -3.47. The summed E-state index contributed by atoms with van der Waals surface area (Å²) in [5, 5.41) is 0. The van der Waals surface area contributed by atoms with E-state index in [1.807, 2.05) is 13.8 Å². The molecule has 12 heavy (non-hydrogen) atoms. The smallest absolute Gasteiger partial charge is 0.273 e. The Morgan fingerprint density at radius 3 is 2.00 bits per heavy atom. The molecule has 3 nitrogen and oxygen atoms in total. The first-order valence-corrected chi connectivity index (χ1v) is 5.10. The Bertz CT molecular complexity index is 269. The SMILES string of the molecule is COS(=O)(=O)C(C)(C)C=C(C)C. The van der Waals surface area contributed by atoms with Crippen LogP contribution in [0.4, 0.5) is 0 Å². The average molecular weight is 192 g/mol. The van der Waals surface area contributed by atoms with Gasteiger partial charge in [-0.1, -0.05) is 11.6 Å². The van der Waals surface area contributed by atoms with Gasteiger partial charge >= 0.3 is 0 Å². The summed E-state index contributed by atoms with van der Waals surface area (Å²) in [5.41, 5.74) is 0.959. The lowest BCUT2D eigenvalue weighted by Crippen LogP contribution is -2.30. The first-order valence-electron chi connectivity index (χ1n) is 3.69. The molecule has 0 atom stereocenters. The molecule has 0 heterocycles. The van der Waals surface area contributed by atoms with E-state index in [1.165, 1.54) is 7.11 Å². The molecule has 0 aromatic heterocycles. The van der Waals surface area contributed by atoms with Gasteiger partial charge in [-0.05, 0) is 27.7 Å². The Kier molecular flexibility index (Phi) is 3.47. The maximum atomic E-state index is 11.3. The standard InChI is InChI=1S/C8H16O3S/c1-7(2)6-8(3,4)12(9,10)11-5/h6H,1-5H3. The lowest BCUT2D eigenvalue weighted by molar-refractivity contribution is 0.381. The van der Waals surface area contributed by atoms with Crippen LogP contribution in [0.5, 0.6) is 0 Å². The number of hydrogen-bond donors (Lipinski definition) is 0. The Labute approximate surface area is 74.6 Å². The van der Waals surface area contributed by atoms with Gasteiger partial charge in [-0.2, -0.15) is 8.42 Å². The molecule has 0 N–H and O–H groups in total. The molecule has 0 saturated heterocycles. The predicted molar refractivity (Wildman–Crippen MR) is 49.4 cm³/mol. The Balaban J connectivity index is 5.00. The summed E-state index contributed by atoms with van der Waals surface area (Å²) in [6.07, 6.45) is 1.67. The number of hydrogen-bond acceptors (Lipinski definition) is 3. The average Bonchev–Trinajstić information content (AvgIpc) is 1.84. The third-order valence-electron chi connectivity index (χ3n) is 1.50. The Morgan fingerprint density at radius 2 is 1.75 bits per heavy atom. The topological polar surface area (TPSA) is 43.4 Å². The molecular weight excluding hydrogens is 176 g/mol. The van der Waals surface area contributed by atoms with Crippen LogP contribution in [0.3, 0.4) is 0 Å². The molecular formula is C8H16O3S. The number of rotatable bonds is 3. The summed E-state index contributed by atoms with van der Waals surface area (Å²) in [4.78, 5) is 0. The summed E-state index contributed by atoms with van der Waals surface area (Å²) >= 11 is 0. The van der Waals surface area contributed by atoms with Gasteiger partial charge in [0.25, 0.3) is 10.1 Å². The lowest BCUT2D eigenvalue weighted by atomic mass is 10.1. The van der Waals surface area contributed by atoms with Crippen LogP contribution in [0.2, 0.25) is 0 Å². The van der Waals surface area contributed by atoms with Gasteiger partial charge in [-0.25, -0.2) is 0 Å². The minimum Gasteiger partial charge on any atom is -0.273 e. The summed E-state index contributed by atoms with van der Waals surface area (Å²) < 4.78 is 26.1.